The molecule has 4 rings (SSSR count). The van der Waals surface area contributed by atoms with Gasteiger partial charge in [-0.2, -0.15) is 0 Å². The van der Waals surface area contributed by atoms with Gasteiger partial charge in [0.2, 0.25) is 0 Å². The Balaban J connectivity index is 1.56. The number of amides is 1. The van der Waals surface area contributed by atoms with Crippen molar-refractivity contribution in [2.45, 2.75) is 32.4 Å². The van der Waals surface area contributed by atoms with Gasteiger partial charge in [-0.15, -0.1) is 10.2 Å². The minimum absolute atomic E-state index is 0.185. The summed E-state index contributed by atoms with van der Waals surface area (Å²) in [7, 11) is 0. The Morgan fingerprint density at radius 2 is 2.29 bits per heavy atom. The Labute approximate surface area is 143 Å². The lowest BCUT2D eigenvalue weighted by Gasteiger charge is -2.37. The number of hydrogen-bond donors (Lipinski definition) is 2. The molecule has 1 saturated heterocycles. The fraction of sp³-hybridized carbons (Fsp3) is 0.500. The lowest BCUT2D eigenvalue weighted by molar-refractivity contribution is 0.0948. The van der Waals surface area contributed by atoms with Gasteiger partial charge in [-0.3, -0.25) is 9.59 Å². The van der Waals surface area contributed by atoms with E-state index in [0.717, 1.165) is 35.2 Å². The van der Waals surface area contributed by atoms with Crippen LogP contribution in [0.1, 0.15) is 38.4 Å². The van der Waals surface area contributed by atoms with Crippen molar-refractivity contribution in [1.29, 1.82) is 0 Å². The number of pyridine rings is 1. The molecule has 7 nitrogen and oxygen atoms in total. The molecule has 2 aliphatic heterocycles. The lowest BCUT2D eigenvalue weighted by Crippen LogP contribution is -2.46. The van der Waals surface area contributed by atoms with Gasteiger partial charge < -0.3 is 15.2 Å². The summed E-state index contributed by atoms with van der Waals surface area (Å²) in [5, 5.41) is 15.7. The fourth-order valence-corrected chi connectivity index (χ4v) is 4.27. The molecule has 2 aromatic rings. The fourth-order valence-electron chi connectivity index (χ4n) is 3.62. The summed E-state index contributed by atoms with van der Waals surface area (Å²) >= 11 is 1.44. The van der Waals surface area contributed by atoms with E-state index in [-0.39, 0.29) is 17.0 Å². The number of piperidine rings is 1. The van der Waals surface area contributed by atoms with E-state index < -0.39 is 0 Å². The highest BCUT2D eigenvalue weighted by molar-refractivity contribution is 7.11. The Hall–Kier alpha value is -2.06. The Kier molecular flexibility index (Phi) is 3.93. The van der Waals surface area contributed by atoms with Crippen molar-refractivity contribution in [1.82, 2.24) is 25.4 Å². The van der Waals surface area contributed by atoms with Crippen molar-refractivity contribution in [2.75, 3.05) is 13.1 Å². The minimum Gasteiger partial charge on any atom is -0.345 e. The zero-order valence-corrected chi connectivity index (χ0v) is 14.2. The van der Waals surface area contributed by atoms with E-state index in [2.05, 4.69) is 20.8 Å². The Morgan fingerprint density at radius 3 is 3.08 bits per heavy atom. The van der Waals surface area contributed by atoms with Gasteiger partial charge in [0.1, 0.15) is 15.6 Å². The second-order valence-corrected chi connectivity index (χ2v) is 7.71. The number of fused-ring (bicyclic) bond motifs is 4. The number of carbonyl (C=O) groups excluding carboxylic acids is 1. The van der Waals surface area contributed by atoms with Gasteiger partial charge >= 0.3 is 0 Å². The first-order valence-corrected chi connectivity index (χ1v) is 8.95. The van der Waals surface area contributed by atoms with Gasteiger partial charge in [-0.1, -0.05) is 11.3 Å². The van der Waals surface area contributed by atoms with E-state index in [0.29, 0.717) is 24.9 Å². The third kappa shape index (κ3) is 2.76. The van der Waals surface area contributed by atoms with Gasteiger partial charge in [0, 0.05) is 24.7 Å². The Morgan fingerprint density at radius 1 is 1.42 bits per heavy atom. The number of nitrogens with one attached hydrogen (secondary N) is 2. The molecule has 0 aliphatic carbocycles. The molecule has 2 N–H and O–H groups in total. The molecule has 2 aromatic heterocycles. The average Bonchev–Trinajstić information content (AvgIpc) is 2.99. The van der Waals surface area contributed by atoms with Crippen LogP contribution in [0.2, 0.25) is 0 Å². The maximum absolute atomic E-state index is 12.8. The van der Waals surface area contributed by atoms with Crippen LogP contribution in [-0.2, 0) is 13.1 Å². The third-order valence-electron chi connectivity index (χ3n) is 4.72. The molecule has 0 aromatic carbocycles. The van der Waals surface area contributed by atoms with Crippen LogP contribution in [0.25, 0.3) is 0 Å². The van der Waals surface area contributed by atoms with Crippen LogP contribution < -0.4 is 16.2 Å². The number of hydrogen-bond acceptors (Lipinski definition) is 6. The van der Waals surface area contributed by atoms with E-state index in [1.54, 1.807) is 10.6 Å². The average molecular weight is 345 g/mol. The van der Waals surface area contributed by atoms with Crippen LogP contribution in [0.4, 0.5) is 0 Å². The quantitative estimate of drug-likeness (QED) is 0.852. The minimum atomic E-state index is -0.350. The molecular weight excluding hydrogens is 326 g/mol. The summed E-state index contributed by atoms with van der Waals surface area (Å²) in [6.07, 6.45) is 1.12. The highest BCUT2D eigenvalue weighted by atomic mass is 32.1. The van der Waals surface area contributed by atoms with Crippen molar-refractivity contribution in [3.63, 3.8) is 0 Å². The summed E-state index contributed by atoms with van der Waals surface area (Å²) in [6, 6.07) is 3.59. The summed E-state index contributed by atoms with van der Waals surface area (Å²) < 4.78 is 1.80. The largest absolute Gasteiger partial charge is 0.345 e. The highest BCUT2D eigenvalue weighted by Gasteiger charge is 2.31. The topological polar surface area (TPSA) is 88.9 Å². The maximum Gasteiger partial charge on any atom is 0.263 e. The molecule has 0 saturated carbocycles. The number of aromatic nitrogens is 3. The predicted octanol–water partition coefficient (Wildman–Crippen LogP) is 0.645. The second kappa shape index (κ2) is 6.10. The second-order valence-electron chi connectivity index (χ2n) is 6.44. The summed E-state index contributed by atoms with van der Waals surface area (Å²) in [5.41, 5.74) is 1.06. The normalized spacial score (nSPS) is 22.0. The van der Waals surface area contributed by atoms with Crippen LogP contribution >= 0.6 is 11.3 Å². The van der Waals surface area contributed by atoms with Crippen molar-refractivity contribution < 1.29 is 4.79 Å². The lowest BCUT2D eigenvalue weighted by atomic mass is 9.84. The molecule has 0 unspecified atom stereocenters. The molecule has 24 heavy (non-hydrogen) atoms. The Bertz CT molecular complexity index is 843. The van der Waals surface area contributed by atoms with E-state index in [1.807, 2.05) is 13.0 Å². The highest BCUT2D eigenvalue weighted by Crippen LogP contribution is 2.31. The van der Waals surface area contributed by atoms with E-state index in [1.165, 1.54) is 11.3 Å². The number of aryl methyl sites for hydroxylation is 1. The van der Waals surface area contributed by atoms with Gasteiger partial charge in [0.15, 0.2) is 0 Å². The van der Waals surface area contributed by atoms with Crippen LogP contribution in [0.15, 0.2) is 16.9 Å². The first-order chi connectivity index (χ1) is 11.6. The maximum atomic E-state index is 12.8. The molecule has 2 aliphatic rings. The zero-order chi connectivity index (χ0) is 16.7. The molecule has 126 valence electrons. The smallest absolute Gasteiger partial charge is 0.263 e. The van der Waals surface area contributed by atoms with Gasteiger partial charge in [-0.05, 0) is 37.9 Å². The first kappa shape index (κ1) is 15.5. The third-order valence-corrected chi connectivity index (χ3v) is 5.56. The van der Waals surface area contributed by atoms with Crippen molar-refractivity contribution in [3.05, 3.63) is 43.8 Å². The number of rotatable bonds is 3. The van der Waals surface area contributed by atoms with Crippen molar-refractivity contribution in [2.24, 2.45) is 5.92 Å². The SMILES string of the molecule is Cc1nnc(CNC(=O)c2ccc3n(c2=O)C[C@@H]2CNC[C@H]3C2)s1. The molecular formula is C16H19N5O2S. The van der Waals surface area contributed by atoms with Crippen LogP contribution in [0.5, 0.6) is 0 Å². The van der Waals surface area contributed by atoms with Crippen LogP contribution in [0, 0.1) is 12.8 Å². The number of carbonyl (C=O) groups is 1. The summed E-state index contributed by atoms with van der Waals surface area (Å²) in [5.74, 6) is 0.486. The molecule has 0 spiro atoms. The standard InChI is InChI=1S/C16H19N5O2S/c1-9-19-20-14(24-9)7-18-15(22)12-2-3-13-11-4-10(5-17-6-11)8-21(13)16(12)23/h2-3,10-11,17H,4-8H2,1H3,(H,18,22)/t10-,11+/m0/s1. The van der Waals surface area contributed by atoms with E-state index in [9.17, 15) is 9.59 Å². The molecule has 1 amide bonds. The molecule has 4 heterocycles. The molecule has 1 fully saturated rings. The van der Waals surface area contributed by atoms with E-state index >= 15 is 0 Å². The molecule has 2 atom stereocenters. The monoisotopic (exact) mass is 345 g/mol. The zero-order valence-electron chi connectivity index (χ0n) is 13.4. The van der Waals surface area contributed by atoms with Crippen molar-refractivity contribution in [3.8, 4) is 0 Å². The molecule has 8 heteroatoms. The molecule has 2 bridgehead atoms. The van der Waals surface area contributed by atoms with E-state index in [4.69, 9.17) is 0 Å². The van der Waals surface area contributed by atoms with Gasteiger partial charge in [0.05, 0.1) is 6.54 Å². The van der Waals surface area contributed by atoms with Crippen molar-refractivity contribution >= 4 is 17.2 Å². The molecule has 0 radical (unpaired) electrons. The van der Waals surface area contributed by atoms with Gasteiger partial charge in [0.25, 0.3) is 11.5 Å². The predicted molar refractivity (Wildman–Crippen MR) is 90.2 cm³/mol. The summed E-state index contributed by atoms with van der Waals surface area (Å²) in [6.45, 7) is 4.69. The van der Waals surface area contributed by atoms with Crippen LogP contribution in [0.3, 0.4) is 0 Å². The number of nitrogens with zero attached hydrogens (tertiary/aromatic N) is 3. The van der Waals surface area contributed by atoms with Crippen LogP contribution in [-0.4, -0.2) is 33.8 Å². The first-order valence-electron chi connectivity index (χ1n) is 8.13. The summed E-state index contributed by atoms with van der Waals surface area (Å²) in [4.78, 5) is 25.2. The van der Waals surface area contributed by atoms with Gasteiger partial charge in [-0.25, -0.2) is 0 Å².